The zero-order chi connectivity index (χ0) is 22.1. The summed E-state index contributed by atoms with van der Waals surface area (Å²) in [6.07, 6.45) is 0.615. The summed E-state index contributed by atoms with van der Waals surface area (Å²) >= 11 is 0. The molecule has 0 aromatic heterocycles. The summed E-state index contributed by atoms with van der Waals surface area (Å²) in [5.41, 5.74) is 5.94. The maximum absolute atomic E-state index is 12.8. The molecule has 2 aliphatic rings. The fourth-order valence-electron chi connectivity index (χ4n) is 3.98. The van der Waals surface area contributed by atoms with Crippen LogP contribution in [0.2, 0.25) is 0 Å². The third-order valence-corrected chi connectivity index (χ3v) is 5.90. The van der Waals surface area contributed by atoms with E-state index in [9.17, 15) is 14.4 Å². The number of benzene rings is 2. The van der Waals surface area contributed by atoms with Gasteiger partial charge in [0.05, 0.1) is 5.82 Å². The molecular weight excluding hydrogens is 392 g/mol. The van der Waals surface area contributed by atoms with Crippen LogP contribution in [-0.4, -0.2) is 28.7 Å². The van der Waals surface area contributed by atoms with Crippen molar-refractivity contribution < 1.29 is 14.4 Å². The zero-order valence-electron chi connectivity index (χ0n) is 17.7. The van der Waals surface area contributed by atoms with Gasteiger partial charge in [-0.3, -0.25) is 19.7 Å². The number of piperidine rings is 1. The van der Waals surface area contributed by atoms with Crippen molar-refractivity contribution in [2.75, 3.05) is 5.32 Å². The molecule has 3 N–H and O–H groups in total. The van der Waals surface area contributed by atoms with Crippen molar-refractivity contribution in [2.24, 2.45) is 0 Å². The minimum absolute atomic E-state index is 0.162. The molecule has 1 saturated heterocycles. The second-order valence-electron chi connectivity index (χ2n) is 8.15. The molecule has 2 aromatic rings. The standard InChI is InChI=1S/C24H26N4O3/c1-14-4-6-19(10-15(14)2)26-16(3)25-12-17-5-7-20-18(11-17)13-28(24(20)31)21-8-9-22(29)27-23(21)30/h4-7,10-11,21,25-26H,3,8-9,12-13H2,1-2H3,(H,27,29,30). The Morgan fingerprint density at radius 2 is 1.94 bits per heavy atom. The second-order valence-corrected chi connectivity index (χ2v) is 8.15. The van der Waals surface area contributed by atoms with Crippen LogP contribution in [0.4, 0.5) is 5.69 Å². The molecule has 7 heteroatoms. The fraction of sp³-hybridized carbons (Fsp3) is 0.292. The van der Waals surface area contributed by atoms with Crippen LogP contribution in [-0.2, 0) is 22.7 Å². The molecule has 4 rings (SSSR count). The van der Waals surface area contributed by atoms with E-state index in [1.807, 2.05) is 18.2 Å². The van der Waals surface area contributed by atoms with Crippen molar-refractivity contribution in [2.45, 2.75) is 45.8 Å². The molecule has 2 heterocycles. The molecule has 0 aliphatic carbocycles. The number of fused-ring (bicyclic) bond motifs is 1. The summed E-state index contributed by atoms with van der Waals surface area (Å²) < 4.78 is 0. The molecule has 31 heavy (non-hydrogen) atoms. The second kappa shape index (κ2) is 8.26. The van der Waals surface area contributed by atoms with E-state index in [0.717, 1.165) is 16.8 Å². The molecular formula is C24H26N4O3. The Hall–Kier alpha value is -3.61. The van der Waals surface area contributed by atoms with E-state index in [1.54, 1.807) is 11.0 Å². The van der Waals surface area contributed by atoms with Gasteiger partial charge in [0, 0.05) is 30.8 Å². The Balaban J connectivity index is 1.38. The number of hydrogen-bond acceptors (Lipinski definition) is 5. The molecule has 0 saturated carbocycles. The minimum Gasteiger partial charge on any atom is -0.368 e. The summed E-state index contributed by atoms with van der Waals surface area (Å²) in [5.74, 6) is -0.156. The van der Waals surface area contributed by atoms with Crippen molar-refractivity contribution >= 4 is 23.4 Å². The number of carbonyl (C=O) groups excluding carboxylic acids is 3. The van der Waals surface area contributed by atoms with Crippen LogP contribution < -0.4 is 16.0 Å². The number of nitrogens with zero attached hydrogens (tertiary/aromatic N) is 1. The van der Waals surface area contributed by atoms with Gasteiger partial charge >= 0.3 is 0 Å². The summed E-state index contributed by atoms with van der Waals surface area (Å²) in [7, 11) is 0. The Morgan fingerprint density at radius 3 is 2.68 bits per heavy atom. The molecule has 160 valence electrons. The predicted molar refractivity (Wildman–Crippen MR) is 118 cm³/mol. The van der Waals surface area contributed by atoms with Gasteiger partial charge in [0.1, 0.15) is 6.04 Å². The van der Waals surface area contributed by atoms with Crippen LogP contribution in [0.1, 0.15) is 45.5 Å². The topological polar surface area (TPSA) is 90.5 Å². The lowest BCUT2D eigenvalue weighted by atomic mass is 10.0. The summed E-state index contributed by atoms with van der Waals surface area (Å²) in [5, 5.41) is 8.85. The van der Waals surface area contributed by atoms with Crippen LogP contribution in [0.15, 0.2) is 48.8 Å². The van der Waals surface area contributed by atoms with Crippen molar-refractivity contribution in [1.29, 1.82) is 0 Å². The highest BCUT2D eigenvalue weighted by atomic mass is 16.2. The number of hydrogen-bond donors (Lipinski definition) is 3. The van der Waals surface area contributed by atoms with Gasteiger partial charge in [-0.05, 0) is 60.7 Å². The van der Waals surface area contributed by atoms with Gasteiger partial charge in [0.15, 0.2) is 0 Å². The highest BCUT2D eigenvalue weighted by Crippen LogP contribution is 2.28. The van der Waals surface area contributed by atoms with Crippen LogP contribution in [0.25, 0.3) is 0 Å². The van der Waals surface area contributed by atoms with E-state index in [0.29, 0.717) is 30.9 Å². The van der Waals surface area contributed by atoms with Gasteiger partial charge in [-0.15, -0.1) is 0 Å². The average molecular weight is 418 g/mol. The van der Waals surface area contributed by atoms with Crippen LogP contribution >= 0.6 is 0 Å². The largest absolute Gasteiger partial charge is 0.368 e. The van der Waals surface area contributed by atoms with Crippen molar-refractivity contribution in [3.8, 4) is 0 Å². The third-order valence-electron chi connectivity index (χ3n) is 5.90. The monoisotopic (exact) mass is 418 g/mol. The Morgan fingerprint density at radius 1 is 1.13 bits per heavy atom. The number of rotatable bonds is 6. The van der Waals surface area contributed by atoms with Gasteiger partial charge in [-0.1, -0.05) is 24.8 Å². The number of imide groups is 1. The molecule has 1 unspecified atom stereocenters. The summed E-state index contributed by atoms with van der Waals surface area (Å²) in [6, 6.07) is 11.3. The molecule has 2 aliphatic heterocycles. The Kier molecular flexibility index (Phi) is 5.50. The number of anilines is 1. The SMILES string of the molecule is C=C(NCc1ccc2c(c1)CN(C1CCC(=O)NC1=O)C2=O)Nc1ccc(C)c(C)c1. The average Bonchev–Trinajstić information content (AvgIpc) is 3.05. The van der Waals surface area contributed by atoms with E-state index >= 15 is 0 Å². The number of carbonyl (C=O) groups is 3. The first-order valence-electron chi connectivity index (χ1n) is 10.4. The Bertz CT molecular complexity index is 1090. The lowest BCUT2D eigenvalue weighted by molar-refractivity contribution is -0.136. The number of amides is 3. The van der Waals surface area contributed by atoms with Crippen molar-refractivity contribution in [3.05, 3.63) is 76.6 Å². The van der Waals surface area contributed by atoms with Gasteiger partial charge in [-0.25, -0.2) is 0 Å². The van der Waals surface area contributed by atoms with Gasteiger partial charge in [0.25, 0.3) is 5.91 Å². The quantitative estimate of drug-likeness (QED) is 0.628. The maximum Gasteiger partial charge on any atom is 0.255 e. The van der Waals surface area contributed by atoms with Crippen molar-refractivity contribution in [1.82, 2.24) is 15.5 Å². The van der Waals surface area contributed by atoms with Gasteiger partial charge < -0.3 is 15.5 Å². The third kappa shape index (κ3) is 4.30. The van der Waals surface area contributed by atoms with Crippen LogP contribution in [0.3, 0.4) is 0 Å². The van der Waals surface area contributed by atoms with E-state index < -0.39 is 11.9 Å². The lowest BCUT2D eigenvalue weighted by Crippen LogP contribution is -2.52. The minimum atomic E-state index is -0.596. The molecule has 7 nitrogen and oxygen atoms in total. The molecule has 0 radical (unpaired) electrons. The normalized spacial score (nSPS) is 17.9. The van der Waals surface area contributed by atoms with E-state index in [-0.39, 0.29) is 18.2 Å². The predicted octanol–water partition coefficient (Wildman–Crippen LogP) is 2.74. The van der Waals surface area contributed by atoms with Crippen LogP contribution in [0.5, 0.6) is 0 Å². The van der Waals surface area contributed by atoms with Crippen LogP contribution in [0, 0.1) is 13.8 Å². The highest BCUT2D eigenvalue weighted by molar-refractivity contribution is 6.05. The molecule has 2 aromatic carbocycles. The van der Waals surface area contributed by atoms with E-state index in [2.05, 4.69) is 48.5 Å². The molecule has 0 bridgehead atoms. The summed E-state index contributed by atoms with van der Waals surface area (Å²) in [6.45, 7) is 9.10. The molecule has 1 fully saturated rings. The molecule has 1 atom stereocenters. The van der Waals surface area contributed by atoms with Gasteiger partial charge in [0.2, 0.25) is 11.8 Å². The summed E-state index contributed by atoms with van der Waals surface area (Å²) in [4.78, 5) is 37.9. The van der Waals surface area contributed by atoms with Crippen molar-refractivity contribution in [3.63, 3.8) is 0 Å². The zero-order valence-corrected chi connectivity index (χ0v) is 17.7. The first-order valence-corrected chi connectivity index (χ1v) is 10.4. The molecule has 0 spiro atoms. The fourth-order valence-corrected chi connectivity index (χ4v) is 3.98. The van der Waals surface area contributed by atoms with Gasteiger partial charge in [-0.2, -0.15) is 0 Å². The number of nitrogens with one attached hydrogen (secondary N) is 3. The molecule has 3 amide bonds. The first-order chi connectivity index (χ1) is 14.8. The number of aryl methyl sites for hydroxylation is 2. The highest BCUT2D eigenvalue weighted by Gasteiger charge is 2.38. The maximum atomic E-state index is 12.8. The lowest BCUT2D eigenvalue weighted by Gasteiger charge is -2.29. The smallest absolute Gasteiger partial charge is 0.255 e. The first kappa shape index (κ1) is 20.7. The van der Waals surface area contributed by atoms with E-state index in [4.69, 9.17) is 0 Å². The Labute approximate surface area is 181 Å². The van der Waals surface area contributed by atoms with E-state index in [1.165, 1.54) is 11.1 Å².